The number of benzene rings is 2. The minimum absolute atomic E-state index is 0.274. The number of rotatable bonds is 5. The zero-order valence-corrected chi connectivity index (χ0v) is 13.4. The van der Waals surface area contributed by atoms with E-state index in [1.165, 1.54) is 30.4 Å². The van der Waals surface area contributed by atoms with E-state index in [0.717, 1.165) is 0 Å². The van der Waals surface area contributed by atoms with E-state index in [1.807, 2.05) is 43.3 Å². The molecule has 1 aliphatic rings. The molecule has 1 fully saturated rings. The third-order valence-electron chi connectivity index (χ3n) is 4.65. The molecule has 0 heterocycles. The Morgan fingerprint density at radius 2 is 1.65 bits per heavy atom. The first kappa shape index (κ1) is 15.6. The van der Waals surface area contributed by atoms with Crippen molar-refractivity contribution < 1.29 is 14.6 Å². The van der Waals surface area contributed by atoms with Crippen LogP contribution in [0.1, 0.15) is 53.6 Å². The Bertz CT molecular complexity index is 654. The van der Waals surface area contributed by atoms with Gasteiger partial charge in [-0.25, -0.2) is 4.79 Å². The molecule has 2 aromatic carbocycles. The Morgan fingerprint density at radius 1 is 1.09 bits per heavy atom. The van der Waals surface area contributed by atoms with Crippen molar-refractivity contribution in [2.75, 3.05) is 6.61 Å². The smallest absolute Gasteiger partial charge is 0.338 e. The van der Waals surface area contributed by atoms with Crippen molar-refractivity contribution in [3.63, 3.8) is 0 Å². The summed E-state index contributed by atoms with van der Waals surface area (Å²) in [6, 6.07) is 15.2. The van der Waals surface area contributed by atoms with Gasteiger partial charge in [0.1, 0.15) is 5.75 Å². The lowest BCUT2D eigenvalue weighted by molar-refractivity contribution is 0.0526. The second-order valence-corrected chi connectivity index (χ2v) is 6.10. The van der Waals surface area contributed by atoms with Crippen LogP contribution in [0.15, 0.2) is 48.5 Å². The molecule has 1 aliphatic carbocycles. The van der Waals surface area contributed by atoms with Gasteiger partial charge in [-0.15, -0.1) is 0 Å². The largest absolute Gasteiger partial charge is 0.508 e. The van der Waals surface area contributed by atoms with Crippen molar-refractivity contribution >= 4 is 5.97 Å². The summed E-state index contributed by atoms with van der Waals surface area (Å²) in [5.74, 6) is 0.969. The van der Waals surface area contributed by atoms with Crippen LogP contribution in [-0.4, -0.2) is 17.7 Å². The lowest BCUT2D eigenvalue weighted by Crippen LogP contribution is -2.21. The summed E-state index contributed by atoms with van der Waals surface area (Å²) in [6.45, 7) is 2.20. The number of carbonyl (C=O) groups excluding carboxylic acids is 1. The fourth-order valence-electron chi connectivity index (χ4n) is 3.23. The number of hydrogen-bond donors (Lipinski definition) is 1. The van der Waals surface area contributed by atoms with Gasteiger partial charge in [-0.2, -0.15) is 0 Å². The number of aromatic hydroxyl groups is 1. The summed E-state index contributed by atoms with van der Waals surface area (Å²) in [5, 5.41) is 9.52. The molecule has 0 aromatic heterocycles. The van der Waals surface area contributed by atoms with E-state index in [0.29, 0.717) is 29.8 Å². The molecule has 3 rings (SSSR count). The average Bonchev–Trinajstić information content (AvgIpc) is 2.52. The Morgan fingerprint density at radius 3 is 2.13 bits per heavy atom. The number of esters is 1. The van der Waals surface area contributed by atoms with E-state index in [1.54, 1.807) is 12.1 Å². The number of hydrogen-bond acceptors (Lipinski definition) is 3. The molecule has 0 saturated heterocycles. The van der Waals surface area contributed by atoms with Crippen LogP contribution in [0.5, 0.6) is 5.75 Å². The monoisotopic (exact) mass is 310 g/mol. The lowest BCUT2D eigenvalue weighted by Gasteiger charge is -2.34. The minimum Gasteiger partial charge on any atom is -0.508 e. The second-order valence-electron chi connectivity index (χ2n) is 6.10. The molecule has 0 spiro atoms. The van der Waals surface area contributed by atoms with E-state index in [9.17, 15) is 9.90 Å². The van der Waals surface area contributed by atoms with Gasteiger partial charge in [-0.05, 0) is 61.1 Å². The molecular weight excluding hydrogens is 288 g/mol. The van der Waals surface area contributed by atoms with Gasteiger partial charge in [0.15, 0.2) is 0 Å². The van der Waals surface area contributed by atoms with Gasteiger partial charge >= 0.3 is 5.97 Å². The molecule has 0 unspecified atom stereocenters. The Balaban J connectivity index is 1.88. The third kappa shape index (κ3) is 3.39. The molecule has 1 atom stereocenters. The molecule has 3 nitrogen and oxygen atoms in total. The molecule has 3 heteroatoms. The van der Waals surface area contributed by atoms with Gasteiger partial charge in [0, 0.05) is 5.92 Å². The van der Waals surface area contributed by atoms with Crippen LogP contribution in [0, 0.1) is 5.92 Å². The van der Waals surface area contributed by atoms with Crippen LogP contribution >= 0.6 is 0 Å². The van der Waals surface area contributed by atoms with Crippen molar-refractivity contribution in [3.05, 3.63) is 65.2 Å². The highest BCUT2D eigenvalue weighted by atomic mass is 16.5. The van der Waals surface area contributed by atoms with E-state index in [4.69, 9.17) is 4.74 Å². The zero-order valence-electron chi connectivity index (χ0n) is 13.4. The standard InChI is InChI=1S/C20H22O3/c1-2-23-20(22)17-8-6-15(7-9-17)19(14-4-3-5-14)16-10-12-18(21)13-11-16/h6-14,19,21H,2-5H2,1H3/t19-/m0/s1. The maximum absolute atomic E-state index is 11.8. The topological polar surface area (TPSA) is 46.5 Å². The first-order chi connectivity index (χ1) is 11.2. The van der Waals surface area contributed by atoms with Crippen molar-refractivity contribution in [3.8, 4) is 5.75 Å². The number of carbonyl (C=O) groups is 1. The highest BCUT2D eigenvalue weighted by Gasteiger charge is 2.29. The summed E-state index contributed by atoms with van der Waals surface area (Å²) in [6.07, 6.45) is 3.73. The van der Waals surface area contributed by atoms with E-state index in [-0.39, 0.29) is 5.97 Å². The molecule has 120 valence electrons. The van der Waals surface area contributed by atoms with Gasteiger partial charge < -0.3 is 9.84 Å². The summed E-state index contributed by atoms with van der Waals surface area (Å²) < 4.78 is 5.04. The highest BCUT2D eigenvalue weighted by molar-refractivity contribution is 5.89. The normalized spacial score (nSPS) is 15.7. The number of ether oxygens (including phenoxy) is 1. The van der Waals surface area contributed by atoms with E-state index >= 15 is 0 Å². The Hall–Kier alpha value is -2.29. The average molecular weight is 310 g/mol. The van der Waals surface area contributed by atoms with Gasteiger partial charge in [0.2, 0.25) is 0 Å². The van der Waals surface area contributed by atoms with Crippen LogP contribution in [0.3, 0.4) is 0 Å². The molecule has 0 aliphatic heterocycles. The van der Waals surface area contributed by atoms with Crippen LogP contribution in [0.2, 0.25) is 0 Å². The molecular formula is C20H22O3. The van der Waals surface area contributed by atoms with E-state index < -0.39 is 0 Å². The van der Waals surface area contributed by atoms with Crippen molar-refractivity contribution in [1.82, 2.24) is 0 Å². The molecule has 1 saturated carbocycles. The SMILES string of the molecule is CCOC(=O)c1ccc([C@@H](c2ccc(O)cc2)C2CCC2)cc1. The van der Waals surface area contributed by atoms with Gasteiger partial charge in [-0.1, -0.05) is 30.7 Å². The van der Waals surface area contributed by atoms with E-state index in [2.05, 4.69) is 0 Å². The molecule has 23 heavy (non-hydrogen) atoms. The first-order valence-corrected chi connectivity index (χ1v) is 8.25. The Labute approximate surface area is 136 Å². The fraction of sp³-hybridized carbons (Fsp3) is 0.350. The van der Waals surface area contributed by atoms with Crippen LogP contribution in [0.25, 0.3) is 0 Å². The summed E-state index contributed by atoms with van der Waals surface area (Å²) in [7, 11) is 0. The predicted octanol–water partition coefficient (Wildman–Crippen LogP) is 4.50. The maximum atomic E-state index is 11.8. The molecule has 1 N–H and O–H groups in total. The second kappa shape index (κ2) is 6.86. The van der Waals surface area contributed by atoms with Crippen LogP contribution < -0.4 is 0 Å². The molecule has 2 aromatic rings. The van der Waals surface area contributed by atoms with Crippen molar-refractivity contribution in [2.45, 2.75) is 32.1 Å². The van der Waals surface area contributed by atoms with Crippen LogP contribution in [0.4, 0.5) is 0 Å². The van der Waals surface area contributed by atoms with Gasteiger partial charge in [-0.3, -0.25) is 0 Å². The van der Waals surface area contributed by atoms with Crippen molar-refractivity contribution in [1.29, 1.82) is 0 Å². The molecule has 0 radical (unpaired) electrons. The fourth-order valence-corrected chi connectivity index (χ4v) is 3.23. The lowest BCUT2D eigenvalue weighted by atomic mass is 9.70. The summed E-state index contributed by atoms with van der Waals surface area (Å²) in [5.41, 5.74) is 3.03. The molecule has 0 amide bonds. The Kier molecular flexibility index (Phi) is 4.65. The first-order valence-electron chi connectivity index (χ1n) is 8.25. The van der Waals surface area contributed by atoms with Gasteiger partial charge in [0.05, 0.1) is 12.2 Å². The number of phenolic OH excluding ortho intramolecular Hbond substituents is 1. The highest BCUT2D eigenvalue weighted by Crippen LogP contribution is 2.43. The summed E-state index contributed by atoms with van der Waals surface area (Å²) in [4.78, 5) is 11.8. The molecule has 0 bridgehead atoms. The quantitative estimate of drug-likeness (QED) is 0.827. The van der Waals surface area contributed by atoms with Gasteiger partial charge in [0.25, 0.3) is 0 Å². The van der Waals surface area contributed by atoms with Crippen LogP contribution in [-0.2, 0) is 4.74 Å². The van der Waals surface area contributed by atoms with Crippen molar-refractivity contribution in [2.24, 2.45) is 5.92 Å². The number of phenols is 1. The third-order valence-corrected chi connectivity index (χ3v) is 4.65. The summed E-state index contributed by atoms with van der Waals surface area (Å²) >= 11 is 0. The predicted molar refractivity (Wildman–Crippen MR) is 89.7 cm³/mol. The zero-order chi connectivity index (χ0) is 16.2. The minimum atomic E-state index is -0.274. The maximum Gasteiger partial charge on any atom is 0.338 e.